The number of hydrogen-bond donors (Lipinski definition) is 2. The molecule has 2 N–H and O–H groups in total. The summed E-state index contributed by atoms with van der Waals surface area (Å²) in [6.07, 6.45) is 0. The predicted molar refractivity (Wildman–Crippen MR) is 107 cm³/mol. The number of benzene rings is 3. The average Bonchev–Trinajstić information content (AvgIpc) is 2.68. The summed E-state index contributed by atoms with van der Waals surface area (Å²) in [5, 5.41) is 5.66. The molecule has 0 aliphatic rings. The van der Waals surface area contributed by atoms with E-state index in [1.165, 1.54) is 0 Å². The Bertz CT molecular complexity index is 965. The van der Waals surface area contributed by atoms with Gasteiger partial charge in [0.1, 0.15) is 5.75 Å². The lowest BCUT2D eigenvalue weighted by molar-refractivity contribution is 0.101. The van der Waals surface area contributed by atoms with Crippen LogP contribution in [-0.2, 0) is 0 Å². The quantitative estimate of drug-likeness (QED) is 0.703. The topological polar surface area (TPSA) is 67.4 Å². The summed E-state index contributed by atoms with van der Waals surface area (Å²) in [5.41, 5.74) is 3.39. The number of ether oxygens (including phenoxy) is 1. The summed E-state index contributed by atoms with van der Waals surface area (Å²) < 4.78 is 5.14. The van der Waals surface area contributed by atoms with Gasteiger partial charge in [-0.15, -0.1) is 0 Å². The number of aryl methyl sites for hydroxylation is 1. The molecular formula is C22H20N2O3. The van der Waals surface area contributed by atoms with Crippen molar-refractivity contribution in [3.8, 4) is 5.75 Å². The van der Waals surface area contributed by atoms with Crippen molar-refractivity contribution in [2.45, 2.75) is 6.92 Å². The highest BCUT2D eigenvalue weighted by Gasteiger charge is 2.10. The molecule has 5 heteroatoms. The Morgan fingerprint density at radius 3 is 1.78 bits per heavy atom. The summed E-state index contributed by atoms with van der Waals surface area (Å²) in [6.45, 7) is 1.96. The SMILES string of the molecule is COc1cccc(NC(=O)c2ccc(C(=O)Nc3cccc(C)c3)cc2)c1. The van der Waals surface area contributed by atoms with Crippen molar-refractivity contribution in [1.82, 2.24) is 0 Å². The lowest BCUT2D eigenvalue weighted by Crippen LogP contribution is -2.14. The highest BCUT2D eigenvalue weighted by molar-refractivity contribution is 6.07. The van der Waals surface area contributed by atoms with Gasteiger partial charge >= 0.3 is 0 Å². The van der Waals surface area contributed by atoms with Crippen LogP contribution in [0.3, 0.4) is 0 Å². The molecular weight excluding hydrogens is 340 g/mol. The van der Waals surface area contributed by atoms with Gasteiger partial charge in [-0.2, -0.15) is 0 Å². The van der Waals surface area contributed by atoms with Crippen molar-refractivity contribution in [3.05, 3.63) is 89.5 Å². The summed E-state index contributed by atoms with van der Waals surface area (Å²) in [4.78, 5) is 24.7. The largest absolute Gasteiger partial charge is 0.497 e. The molecule has 3 aromatic carbocycles. The van der Waals surface area contributed by atoms with E-state index in [2.05, 4.69) is 10.6 Å². The second kappa shape index (κ2) is 8.19. The van der Waals surface area contributed by atoms with Crippen LogP contribution in [0.2, 0.25) is 0 Å². The molecule has 0 fully saturated rings. The van der Waals surface area contributed by atoms with Gasteiger partial charge in [-0.1, -0.05) is 18.2 Å². The van der Waals surface area contributed by atoms with Crippen LogP contribution < -0.4 is 15.4 Å². The third-order valence-corrected chi connectivity index (χ3v) is 4.01. The first-order valence-electron chi connectivity index (χ1n) is 8.48. The van der Waals surface area contributed by atoms with E-state index in [-0.39, 0.29) is 11.8 Å². The third-order valence-electron chi connectivity index (χ3n) is 4.01. The van der Waals surface area contributed by atoms with Crippen molar-refractivity contribution in [1.29, 1.82) is 0 Å². The van der Waals surface area contributed by atoms with Crippen molar-refractivity contribution in [2.24, 2.45) is 0 Å². The van der Waals surface area contributed by atoms with E-state index in [1.54, 1.807) is 55.6 Å². The Morgan fingerprint density at radius 2 is 1.26 bits per heavy atom. The standard InChI is InChI=1S/C22H20N2O3/c1-15-5-3-6-18(13-15)23-21(25)16-9-11-17(12-10-16)22(26)24-19-7-4-8-20(14-19)27-2/h3-14H,1-2H3,(H,23,25)(H,24,26). The van der Waals surface area contributed by atoms with Crippen LogP contribution in [0, 0.1) is 6.92 Å². The van der Waals surface area contributed by atoms with E-state index in [0.29, 0.717) is 22.6 Å². The van der Waals surface area contributed by atoms with Gasteiger partial charge in [0.25, 0.3) is 11.8 Å². The van der Waals surface area contributed by atoms with Gasteiger partial charge in [-0.25, -0.2) is 0 Å². The molecule has 3 rings (SSSR count). The fourth-order valence-electron chi connectivity index (χ4n) is 2.60. The second-order valence-corrected chi connectivity index (χ2v) is 6.09. The Hall–Kier alpha value is -3.60. The lowest BCUT2D eigenvalue weighted by atomic mass is 10.1. The molecule has 0 radical (unpaired) electrons. The van der Waals surface area contributed by atoms with Crippen LogP contribution in [0.5, 0.6) is 5.75 Å². The Morgan fingerprint density at radius 1 is 0.741 bits per heavy atom. The van der Waals surface area contributed by atoms with E-state index in [9.17, 15) is 9.59 Å². The molecule has 3 aromatic rings. The van der Waals surface area contributed by atoms with Crippen LogP contribution in [0.15, 0.2) is 72.8 Å². The van der Waals surface area contributed by atoms with Gasteiger partial charge < -0.3 is 15.4 Å². The van der Waals surface area contributed by atoms with Gasteiger partial charge in [0, 0.05) is 28.6 Å². The number of anilines is 2. The van der Waals surface area contributed by atoms with Crippen molar-refractivity contribution in [2.75, 3.05) is 17.7 Å². The molecule has 0 saturated carbocycles. The summed E-state index contributed by atoms with van der Waals surface area (Å²) in [6, 6.07) is 21.2. The van der Waals surface area contributed by atoms with Crippen LogP contribution in [0.25, 0.3) is 0 Å². The molecule has 0 bridgehead atoms. The number of methoxy groups -OCH3 is 1. The zero-order chi connectivity index (χ0) is 19.2. The monoisotopic (exact) mass is 360 g/mol. The van der Waals surface area contributed by atoms with Crippen molar-refractivity contribution in [3.63, 3.8) is 0 Å². The molecule has 2 amide bonds. The van der Waals surface area contributed by atoms with E-state index in [4.69, 9.17) is 4.74 Å². The number of rotatable bonds is 5. The van der Waals surface area contributed by atoms with Crippen LogP contribution in [0.4, 0.5) is 11.4 Å². The third kappa shape index (κ3) is 4.73. The number of carbonyl (C=O) groups is 2. The normalized spacial score (nSPS) is 10.1. The molecule has 0 aliphatic heterocycles. The van der Waals surface area contributed by atoms with E-state index < -0.39 is 0 Å². The zero-order valence-electron chi connectivity index (χ0n) is 15.2. The fourth-order valence-corrected chi connectivity index (χ4v) is 2.60. The maximum atomic E-state index is 12.4. The highest BCUT2D eigenvalue weighted by Crippen LogP contribution is 2.18. The molecule has 5 nitrogen and oxygen atoms in total. The Balaban J connectivity index is 1.67. The molecule has 0 aliphatic carbocycles. The fraction of sp³-hybridized carbons (Fsp3) is 0.0909. The number of hydrogen-bond acceptors (Lipinski definition) is 3. The van der Waals surface area contributed by atoms with Crippen LogP contribution >= 0.6 is 0 Å². The molecule has 0 spiro atoms. The van der Waals surface area contributed by atoms with Crippen LogP contribution in [0.1, 0.15) is 26.3 Å². The zero-order valence-corrected chi connectivity index (χ0v) is 15.2. The molecule has 0 heterocycles. The van der Waals surface area contributed by atoms with Crippen molar-refractivity contribution < 1.29 is 14.3 Å². The maximum Gasteiger partial charge on any atom is 0.255 e. The first kappa shape index (κ1) is 18.2. The van der Waals surface area contributed by atoms with E-state index >= 15 is 0 Å². The first-order chi connectivity index (χ1) is 13.0. The lowest BCUT2D eigenvalue weighted by Gasteiger charge is -2.08. The number of amides is 2. The molecule has 136 valence electrons. The molecule has 27 heavy (non-hydrogen) atoms. The van der Waals surface area contributed by atoms with Gasteiger partial charge in [-0.3, -0.25) is 9.59 Å². The minimum Gasteiger partial charge on any atom is -0.497 e. The molecule has 0 saturated heterocycles. The smallest absolute Gasteiger partial charge is 0.255 e. The van der Waals surface area contributed by atoms with Gasteiger partial charge in [0.15, 0.2) is 0 Å². The highest BCUT2D eigenvalue weighted by atomic mass is 16.5. The Kier molecular flexibility index (Phi) is 5.52. The predicted octanol–water partition coefficient (Wildman–Crippen LogP) is 4.51. The van der Waals surface area contributed by atoms with Gasteiger partial charge in [-0.05, 0) is 61.0 Å². The number of nitrogens with one attached hydrogen (secondary N) is 2. The van der Waals surface area contributed by atoms with E-state index in [1.807, 2.05) is 31.2 Å². The van der Waals surface area contributed by atoms with Crippen molar-refractivity contribution >= 4 is 23.2 Å². The Labute approximate surface area is 158 Å². The summed E-state index contributed by atoms with van der Waals surface area (Å²) >= 11 is 0. The van der Waals surface area contributed by atoms with Crippen LogP contribution in [-0.4, -0.2) is 18.9 Å². The van der Waals surface area contributed by atoms with Gasteiger partial charge in [0.2, 0.25) is 0 Å². The first-order valence-corrected chi connectivity index (χ1v) is 8.48. The molecule has 0 unspecified atom stereocenters. The maximum absolute atomic E-state index is 12.4. The second-order valence-electron chi connectivity index (χ2n) is 6.09. The number of carbonyl (C=O) groups excluding carboxylic acids is 2. The average molecular weight is 360 g/mol. The summed E-state index contributed by atoms with van der Waals surface area (Å²) in [5.74, 6) is 0.185. The van der Waals surface area contributed by atoms with E-state index in [0.717, 1.165) is 11.3 Å². The van der Waals surface area contributed by atoms with Gasteiger partial charge in [0.05, 0.1) is 7.11 Å². The molecule has 0 aromatic heterocycles. The summed E-state index contributed by atoms with van der Waals surface area (Å²) in [7, 11) is 1.57. The minimum absolute atomic E-state index is 0.222. The molecule has 0 atom stereocenters. The minimum atomic E-state index is -0.256.